The molecule has 0 unspecified atom stereocenters. The molecule has 27 heavy (non-hydrogen) atoms. The lowest BCUT2D eigenvalue weighted by molar-refractivity contribution is -0.125. The van der Waals surface area contributed by atoms with Gasteiger partial charge in [-0.2, -0.15) is 0 Å². The van der Waals surface area contributed by atoms with E-state index in [0.717, 1.165) is 32.4 Å². The van der Waals surface area contributed by atoms with Crippen molar-refractivity contribution in [1.82, 2.24) is 15.5 Å². The highest BCUT2D eigenvalue weighted by molar-refractivity contribution is 6.33. The van der Waals surface area contributed by atoms with E-state index >= 15 is 0 Å². The second kappa shape index (κ2) is 8.19. The van der Waals surface area contributed by atoms with Crippen LogP contribution in [-0.2, 0) is 4.79 Å². The van der Waals surface area contributed by atoms with Crippen molar-refractivity contribution < 1.29 is 9.59 Å². The van der Waals surface area contributed by atoms with E-state index < -0.39 is 0 Å². The number of hydrogen-bond donors (Lipinski definition) is 2. The van der Waals surface area contributed by atoms with Gasteiger partial charge >= 0.3 is 0 Å². The third-order valence-corrected chi connectivity index (χ3v) is 6.00. The molecule has 2 aliphatic heterocycles. The zero-order valence-corrected chi connectivity index (χ0v) is 17.2. The van der Waals surface area contributed by atoms with E-state index in [0.29, 0.717) is 23.0 Å². The van der Waals surface area contributed by atoms with Crippen LogP contribution < -0.4 is 10.6 Å². The van der Waals surface area contributed by atoms with Crippen LogP contribution in [0, 0.1) is 5.41 Å². The molecule has 2 amide bonds. The fraction of sp³-hybridized carbons (Fsp3) is 0.619. The van der Waals surface area contributed by atoms with E-state index in [2.05, 4.69) is 31.4 Å². The summed E-state index contributed by atoms with van der Waals surface area (Å²) in [4.78, 5) is 26.4. The summed E-state index contributed by atoms with van der Waals surface area (Å²) in [7, 11) is 0. The standard InChI is InChI=1S/C21H30ClN3O2/c1-21(2,3)19-17(8-9-18(26)24-19)23-14-10-12-25(13-11-14)20(27)15-6-4-5-7-16(15)22/h4-7,14,17,19,23H,8-13H2,1-3H3,(H,24,26)/t17-,19-/m1/s1. The van der Waals surface area contributed by atoms with Gasteiger partial charge in [-0.25, -0.2) is 0 Å². The van der Waals surface area contributed by atoms with Crippen LogP contribution in [0.3, 0.4) is 0 Å². The van der Waals surface area contributed by atoms with Gasteiger partial charge in [-0.1, -0.05) is 44.5 Å². The molecule has 2 fully saturated rings. The van der Waals surface area contributed by atoms with E-state index in [4.69, 9.17) is 11.6 Å². The normalized spacial score (nSPS) is 24.6. The highest BCUT2D eigenvalue weighted by Gasteiger charge is 2.38. The maximum absolute atomic E-state index is 12.7. The maximum atomic E-state index is 12.7. The van der Waals surface area contributed by atoms with Gasteiger partial charge in [0.05, 0.1) is 10.6 Å². The highest BCUT2D eigenvalue weighted by atomic mass is 35.5. The van der Waals surface area contributed by atoms with Crippen LogP contribution in [0.1, 0.15) is 56.8 Å². The minimum absolute atomic E-state index is 0.00841. The van der Waals surface area contributed by atoms with Crippen LogP contribution in [-0.4, -0.2) is 47.9 Å². The molecule has 0 radical (unpaired) electrons. The van der Waals surface area contributed by atoms with Crippen LogP contribution in [0.5, 0.6) is 0 Å². The molecule has 5 nitrogen and oxygen atoms in total. The quantitative estimate of drug-likeness (QED) is 0.831. The molecule has 2 heterocycles. The molecule has 1 aromatic carbocycles. The van der Waals surface area contributed by atoms with Crippen molar-refractivity contribution in [1.29, 1.82) is 0 Å². The SMILES string of the molecule is CC(C)(C)[C@@H]1NC(=O)CC[C@H]1NC1CCN(C(=O)c2ccccc2Cl)CC1. The fourth-order valence-corrected chi connectivity index (χ4v) is 4.37. The molecule has 0 bridgehead atoms. The average Bonchev–Trinajstić information content (AvgIpc) is 2.63. The van der Waals surface area contributed by atoms with Gasteiger partial charge in [0.1, 0.15) is 0 Å². The zero-order chi connectivity index (χ0) is 19.6. The van der Waals surface area contributed by atoms with E-state index in [-0.39, 0.29) is 29.3 Å². The third kappa shape index (κ3) is 4.82. The number of carbonyl (C=O) groups is 2. The smallest absolute Gasteiger partial charge is 0.255 e. The van der Waals surface area contributed by atoms with Gasteiger partial charge in [0.25, 0.3) is 5.91 Å². The van der Waals surface area contributed by atoms with E-state index in [9.17, 15) is 9.59 Å². The summed E-state index contributed by atoms with van der Waals surface area (Å²) in [6.45, 7) is 7.95. The lowest BCUT2D eigenvalue weighted by atomic mass is 9.78. The molecule has 6 heteroatoms. The Kier molecular flexibility index (Phi) is 6.11. The molecule has 2 atom stereocenters. The highest BCUT2D eigenvalue weighted by Crippen LogP contribution is 2.28. The number of halogens is 1. The van der Waals surface area contributed by atoms with Crippen molar-refractivity contribution in [2.24, 2.45) is 5.41 Å². The van der Waals surface area contributed by atoms with E-state index in [1.54, 1.807) is 12.1 Å². The molecule has 1 aromatic rings. The Labute approximate surface area is 166 Å². The molecular weight excluding hydrogens is 362 g/mol. The minimum atomic E-state index is 0.00841. The Morgan fingerprint density at radius 2 is 1.85 bits per heavy atom. The number of hydrogen-bond acceptors (Lipinski definition) is 3. The van der Waals surface area contributed by atoms with Crippen molar-refractivity contribution in [2.75, 3.05) is 13.1 Å². The molecule has 0 aromatic heterocycles. The summed E-state index contributed by atoms with van der Waals surface area (Å²) in [6, 6.07) is 7.99. The maximum Gasteiger partial charge on any atom is 0.255 e. The van der Waals surface area contributed by atoms with Gasteiger partial charge in [-0.15, -0.1) is 0 Å². The number of amides is 2. The lowest BCUT2D eigenvalue weighted by Crippen LogP contribution is -2.62. The Morgan fingerprint density at radius 1 is 1.19 bits per heavy atom. The van der Waals surface area contributed by atoms with E-state index in [1.165, 1.54) is 0 Å². The van der Waals surface area contributed by atoms with Gasteiger partial charge < -0.3 is 15.5 Å². The lowest BCUT2D eigenvalue weighted by Gasteiger charge is -2.44. The minimum Gasteiger partial charge on any atom is -0.351 e. The van der Waals surface area contributed by atoms with Crippen LogP contribution in [0.2, 0.25) is 5.02 Å². The molecular formula is C21H30ClN3O2. The summed E-state index contributed by atoms with van der Waals surface area (Å²) in [5.74, 6) is 0.157. The summed E-state index contributed by atoms with van der Waals surface area (Å²) in [5.41, 5.74) is 0.586. The molecule has 2 saturated heterocycles. The van der Waals surface area contributed by atoms with Crippen LogP contribution in [0.25, 0.3) is 0 Å². The molecule has 0 aliphatic carbocycles. The first-order chi connectivity index (χ1) is 12.8. The van der Waals surface area contributed by atoms with Crippen LogP contribution >= 0.6 is 11.6 Å². The van der Waals surface area contributed by atoms with Gasteiger partial charge in [0.15, 0.2) is 0 Å². The number of nitrogens with zero attached hydrogens (tertiary/aromatic N) is 1. The summed E-state index contributed by atoms with van der Waals surface area (Å²) < 4.78 is 0. The topological polar surface area (TPSA) is 61.4 Å². The van der Waals surface area contributed by atoms with E-state index in [1.807, 2.05) is 17.0 Å². The van der Waals surface area contributed by atoms with Crippen LogP contribution in [0.4, 0.5) is 0 Å². The van der Waals surface area contributed by atoms with Gasteiger partial charge in [-0.05, 0) is 36.8 Å². The van der Waals surface area contributed by atoms with Gasteiger partial charge in [0.2, 0.25) is 5.91 Å². The number of nitrogens with one attached hydrogen (secondary N) is 2. The number of carbonyl (C=O) groups excluding carboxylic acids is 2. The van der Waals surface area contributed by atoms with Gasteiger partial charge in [-0.3, -0.25) is 9.59 Å². The number of likely N-dealkylation sites (tertiary alicyclic amines) is 1. The van der Waals surface area contributed by atoms with Crippen molar-refractivity contribution in [3.63, 3.8) is 0 Å². The molecule has 148 valence electrons. The number of piperidine rings is 2. The zero-order valence-electron chi connectivity index (χ0n) is 16.4. The first-order valence-electron chi connectivity index (χ1n) is 9.85. The molecule has 2 aliphatic rings. The van der Waals surface area contributed by atoms with Crippen molar-refractivity contribution in [3.8, 4) is 0 Å². The Hall–Kier alpha value is -1.59. The Balaban J connectivity index is 1.57. The summed E-state index contributed by atoms with van der Waals surface area (Å²) in [5, 5.41) is 7.45. The van der Waals surface area contributed by atoms with Gasteiger partial charge in [0, 0.05) is 37.6 Å². The molecule has 3 rings (SSSR count). The Bertz CT molecular complexity index is 693. The summed E-state index contributed by atoms with van der Waals surface area (Å²) >= 11 is 6.17. The monoisotopic (exact) mass is 391 g/mol. The average molecular weight is 392 g/mol. The van der Waals surface area contributed by atoms with Crippen molar-refractivity contribution in [3.05, 3.63) is 34.9 Å². The Morgan fingerprint density at radius 3 is 2.48 bits per heavy atom. The second-order valence-electron chi connectivity index (χ2n) is 8.77. The third-order valence-electron chi connectivity index (χ3n) is 5.67. The number of benzene rings is 1. The first kappa shape index (κ1) is 20.2. The summed E-state index contributed by atoms with van der Waals surface area (Å²) in [6.07, 6.45) is 3.27. The molecule has 0 saturated carbocycles. The molecule has 2 N–H and O–H groups in total. The first-order valence-corrected chi connectivity index (χ1v) is 10.2. The second-order valence-corrected chi connectivity index (χ2v) is 9.18. The van der Waals surface area contributed by atoms with Crippen molar-refractivity contribution in [2.45, 2.75) is 64.6 Å². The predicted molar refractivity (Wildman–Crippen MR) is 108 cm³/mol. The molecule has 0 spiro atoms. The van der Waals surface area contributed by atoms with Crippen LogP contribution in [0.15, 0.2) is 24.3 Å². The van der Waals surface area contributed by atoms with Crippen molar-refractivity contribution >= 4 is 23.4 Å². The fourth-order valence-electron chi connectivity index (χ4n) is 4.16. The largest absolute Gasteiger partial charge is 0.351 e. The predicted octanol–water partition coefficient (Wildman–Crippen LogP) is 3.23. The number of rotatable bonds is 3.